The maximum absolute atomic E-state index is 13.0. The van der Waals surface area contributed by atoms with Gasteiger partial charge in [-0.2, -0.15) is 13.2 Å². The highest BCUT2D eigenvalue weighted by Crippen LogP contribution is 2.30. The van der Waals surface area contributed by atoms with E-state index < -0.39 is 23.6 Å². The average molecular weight is 646 g/mol. The Morgan fingerprint density at radius 1 is 0.957 bits per heavy atom. The van der Waals surface area contributed by atoms with Crippen molar-refractivity contribution in [2.24, 2.45) is 0 Å². The standard InChI is InChI=1S/C33H42F3N5O5/c1-2-16-46-29-22-41(21-28(29)38-30(42)20-37-31(43)24-4-3-5-25(19-24)33(34,35)36)27-10-12-39(13-11-27)26-8-6-23(7-9-26)32(44)40-14-17-45-18-15-40/h3-9,19,27-29H,2,10-18,20-22H2,1H3,(H,37,43)(H,38,42)/t28-,29-/m1/s1. The highest BCUT2D eigenvalue weighted by atomic mass is 19.4. The summed E-state index contributed by atoms with van der Waals surface area (Å²) in [5.41, 5.74) is 0.674. The number of likely N-dealkylation sites (tertiary alicyclic amines) is 1. The molecule has 250 valence electrons. The fourth-order valence-corrected chi connectivity index (χ4v) is 6.29. The number of carbonyl (C=O) groups is 3. The predicted molar refractivity (Wildman–Crippen MR) is 166 cm³/mol. The third-order valence-corrected chi connectivity index (χ3v) is 8.80. The van der Waals surface area contributed by atoms with Gasteiger partial charge in [0.15, 0.2) is 0 Å². The van der Waals surface area contributed by atoms with Gasteiger partial charge in [-0.3, -0.25) is 19.3 Å². The largest absolute Gasteiger partial charge is 0.416 e. The van der Waals surface area contributed by atoms with Crippen LogP contribution in [-0.2, 0) is 20.4 Å². The average Bonchev–Trinajstić information content (AvgIpc) is 3.48. The number of halogens is 3. The molecule has 2 aromatic carbocycles. The van der Waals surface area contributed by atoms with E-state index in [0.717, 1.165) is 56.2 Å². The Morgan fingerprint density at radius 2 is 1.67 bits per heavy atom. The molecule has 0 saturated carbocycles. The van der Waals surface area contributed by atoms with Gasteiger partial charge in [0.25, 0.3) is 11.8 Å². The summed E-state index contributed by atoms with van der Waals surface area (Å²) in [5, 5.41) is 5.40. The van der Waals surface area contributed by atoms with Gasteiger partial charge in [0.2, 0.25) is 5.91 Å². The molecule has 2 N–H and O–H groups in total. The van der Waals surface area contributed by atoms with Crippen LogP contribution in [-0.4, -0.2) is 111 Å². The number of rotatable bonds is 10. The van der Waals surface area contributed by atoms with Gasteiger partial charge in [-0.1, -0.05) is 13.0 Å². The van der Waals surface area contributed by atoms with Gasteiger partial charge in [0.05, 0.1) is 37.5 Å². The molecule has 0 radical (unpaired) electrons. The van der Waals surface area contributed by atoms with Crippen LogP contribution in [0.5, 0.6) is 0 Å². The van der Waals surface area contributed by atoms with Gasteiger partial charge in [-0.25, -0.2) is 0 Å². The molecule has 0 aromatic heterocycles. The molecular formula is C33H42F3N5O5. The van der Waals surface area contributed by atoms with Crippen LogP contribution in [0.2, 0.25) is 0 Å². The van der Waals surface area contributed by atoms with Crippen LogP contribution in [0, 0.1) is 0 Å². The van der Waals surface area contributed by atoms with E-state index in [0.29, 0.717) is 57.6 Å². The maximum atomic E-state index is 13.0. The number of carbonyl (C=O) groups excluding carboxylic acids is 3. The van der Waals surface area contributed by atoms with Crippen LogP contribution in [0.1, 0.15) is 52.5 Å². The number of piperidine rings is 1. The summed E-state index contributed by atoms with van der Waals surface area (Å²) in [6, 6.07) is 11.9. The van der Waals surface area contributed by atoms with E-state index in [1.165, 1.54) is 6.07 Å². The lowest BCUT2D eigenvalue weighted by Crippen LogP contribution is -2.48. The van der Waals surface area contributed by atoms with Gasteiger partial charge in [-0.05, 0) is 61.7 Å². The van der Waals surface area contributed by atoms with Gasteiger partial charge in [-0.15, -0.1) is 0 Å². The molecule has 0 unspecified atom stereocenters. The molecular weight excluding hydrogens is 603 g/mol. The van der Waals surface area contributed by atoms with Gasteiger partial charge in [0.1, 0.15) is 0 Å². The zero-order valence-electron chi connectivity index (χ0n) is 26.1. The van der Waals surface area contributed by atoms with Crippen LogP contribution in [0.3, 0.4) is 0 Å². The van der Waals surface area contributed by atoms with Crippen molar-refractivity contribution in [3.63, 3.8) is 0 Å². The van der Waals surface area contributed by atoms with Crippen molar-refractivity contribution < 1.29 is 37.0 Å². The molecule has 5 rings (SSSR count). The van der Waals surface area contributed by atoms with Crippen molar-refractivity contribution >= 4 is 23.4 Å². The fraction of sp³-hybridized carbons (Fsp3) is 0.545. The smallest absolute Gasteiger partial charge is 0.378 e. The summed E-state index contributed by atoms with van der Waals surface area (Å²) in [6.45, 7) is 7.56. The van der Waals surface area contributed by atoms with E-state index in [2.05, 4.69) is 20.4 Å². The normalized spacial score (nSPS) is 21.3. The summed E-state index contributed by atoms with van der Waals surface area (Å²) in [4.78, 5) is 44.6. The second-order valence-corrected chi connectivity index (χ2v) is 12.0. The molecule has 3 aliphatic heterocycles. The number of nitrogens with one attached hydrogen (secondary N) is 2. The predicted octanol–water partition coefficient (Wildman–Crippen LogP) is 3.17. The van der Waals surface area contributed by atoms with Crippen LogP contribution < -0.4 is 15.5 Å². The number of nitrogens with zero attached hydrogens (tertiary/aromatic N) is 3. The Hall–Kier alpha value is -3.68. The van der Waals surface area contributed by atoms with Crippen molar-refractivity contribution in [2.75, 3.05) is 70.5 Å². The lowest BCUT2D eigenvalue weighted by Gasteiger charge is -2.38. The van der Waals surface area contributed by atoms with E-state index in [1.54, 1.807) is 0 Å². The minimum atomic E-state index is -4.57. The lowest BCUT2D eigenvalue weighted by molar-refractivity contribution is -0.137. The number of amides is 3. The Kier molecular flexibility index (Phi) is 11.2. The summed E-state index contributed by atoms with van der Waals surface area (Å²) < 4.78 is 50.5. The monoisotopic (exact) mass is 645 g/mol. The number of hydrogen-bond donors (Lipinski definition) is 2. The minimum absolute atomic E-state index is 0.0298. The molecule has 46 heavy (non-hydrogen) atoms. The molecule has 0 bridgehead atoms. The number of morpholine rings is 1. The molecule has 10 nitrogen and oxygen atoms in total. The first-order valence-corrected chi connectivity index (χ1v) is 15.9. The summed E-state index contributed by atoms with van der Waals surface area (Å²) >= 11 is 0. The zero-order chi connectivity index (χ0) is 32.7. The maximum Gasteiger partial charge on any atom is 0.416 e. The number of ether oxygens (including phenoxy) is 2. The van der Waals surface area contributed by atoms with Crippen molar-refractivity contribution in [2.45, 2.75) is 50.6 Å². The molecule has 2 aromatic rings. The first-order valence-electron chi connectivity index (χ1n) is 15.9. The lowest BCUT2D eigenvalue weighted by atomic mass is 10.0. The molecule has 3 fully saturated rings. The van der Waals surface area contributed by atoms with E-state index in [4.69, 9.17) is 9.47 Å². The minimum Gasteiger partial charge on any atom is -0.378 e. The molecule has 3 heterocycles. The molecule has 0 aliphatic carbocycles. The summed E-state index contributed by atoms with van der Waals surface area (Å²) in [6.07, 6.45) is -2.08. The topological polar surface area (TPSA) is 103 Å². The summed E-state index contributed by atoms with van der Waals surface area (Å²) in [7, 11) is 0. The van der Waals surface area contributed by atoms with Crippen LogP contribution in [0.4, 0.5) is 18.9 Å². The molecule has 0 spiro atoms. The SMILES string of the molecule is CCCO[C@@H]1CN(C2CCN(c3ccc(C(=O)N4CCOCC4)cc3)CC2)C[C@H]1NC(=O)CNC(=O)c1cccc(C(F)(F)F)c1. The Morgan fingerprint density at radius 3 is 2.35 bits per heavy atom. The van der Waals surface area contributed by atoms with E-state index in [1.807, 2.05) is 36.1 Å². The third kappa shape index (κ3) is 8.56. The number of anilines is 1. The highest BCUT2D eigenvalue weighted by Gasteiger charge is 2.39. The van der Waals surface area contributed by atoms with E-state index in [-0.39, 0.29) is 30.2 Å². The highest BCUT2D eigenvalue weighted by molar-refractivity contribution is 5.96. The molecule has 3 aliphatic rings. The molecule has 13 heteroatoms. The van der Waals surface area contributed by atoms with Crippen LogP contribution >= 0.6 is 0 Å². The fourth-order valence-electron chi connectivity index (χ4n) is 6.29. The molecule has 2 atom stereocenters. The Balaban J connectivity index is 1.11. The first-order chi connectivity index (χ1) is 22.1. The number of hydrogen-bond acceptors (Lipinski definition) is 7. The number of alkyl halides is 3. The Bertz CT molecular complexity index is 1340. The van der Waals surface area contributed by atoms with E-state index in [9.17, 15) is 27.6 Å². The first kappa shape index (κ1) is 33.7. The third-order valence-electron chi connectivity index (χ3n) is 8.80. The van der Waals surface area contributed by atoms with Crippen molar-refractivity contribution in [1.29, 1.82) is 0 Å². The number of benzene rings is 2. The molecule has 3 amide bonds. The van der Waals surface area contributed by atoms with Gasteiger partial charge >= 0.3 is 6.18 Å². The van der Waals surface area contributed by atoms with Crippen molar-refractivity contribution in [3.8, 4) is 0 Å². The van der Waals surface area contributed by atoms with Crippen molar-refractivity contribution in [3.05, 3.63) is 65.2 Å². The summed E-state index contributed by atoms with van der Waals surface area (Å²) in [5.74, 6) is -1.15. The quantitative estimate of drug-likeness (QED) is 0.409. The van der Waals surface area contributed by atoms with Crippen LogP contribution in [0.15, 0.2) is 48.5 Å². The zero-order valence-corrected chi connectivity index (χ0v) is 26.1. The van der Waals surface area contributed by atoms with Gasteiger partial charge < -0.3 is 29.9 Å². The van der Waals surface area contributed by atoms with Crippen LogP contribution in [0.25, 0.3) is 0 Å². The van der Waals surface area contributed by atoms with Crippen molar-refractivity contribution in [1.82, 2.24) is 20.4 Å². The van der Waals surface area contributed by atoms with E-state index >= 15 is 0 Å². The Labute approximate surface area is 267 Å². The second-order valence-electron chi connectivity index (χ2n) is 12.0. The van der Waals surface area contributed by atoms with Gasteiger partial charge in [0, 0.05) is 68.7 Å². The second kappa shape index (κ2) is 15.3. The molecule has 3 saturated heterocycles.